The standard InChI is InChI=1S/C16H17NO2/c1-3-10-19-15-7-5-4-6-14(15)16(18)13-8-9-17-11-12(13)2/h4-9,11H,3,10H2,1-2H3. The maximum absolute atomic E-state index is 12.5. The molecule has 0 fully saturated rings. The third-order valence-electron chi connectivity index (χ3n) is 2.86. The van der Waals surface area contributed by atoms with E-state index in [1.807, 2.05) is 32.0 Å². The number of benzene rings is 1. The Morgan fingerprint density at radius 3 is 2.74 bits per heavy atom. The van der Waals surface area contributed by atoms with Crippen LogP contribution in [-0.4, -0.2) is 17.4 Å². The second kappa shape index (κ2) is 6.14. The van der Waals surface area contributed by atoms with E-state index in [9.17, 15) is 4.79 Å². The van der Waals surface area contributed by atoms with E-state index in [0.717, 1.165) is 12.0 Å². The Morgan fingerprint density at radius 2 is 2.00 bits per heavy atom. The van der Waals surface area contributed by atoms with Gasteiger partial charge in [0.1, 0.15) is 5.75 Å². The van der Waals surface area contributed by atoms with Gasteiger partial charge in [-0.1, -0.05) is 19.1 Å². The van der Waals surface area contributed by atoms with Gasteiger partial charge in [0.05, 0.1) is 12.2 Å². The zero-order chi connectivity index (χ0) is 13.7. The molecule has 3 heteroatoms. The minimum Gasteiger partial charge on any atom is -0.493 e. The molecule has 1 heterocycles. The van der Waals surface area contributed by atoms with Crippen molar-refractivity contribution in [1.82, 2.24) is 4.98 Å². The van der Waals surface area contributed by atoms with Crippen LogP contribution in [-0.2, 0) is 0 Å². The van der Waals surface area contributed by atoms with E-state index in [1.54, 1.807) is 24.5 Å². The van der Waals surface area contributed by atoms with E-state index in [1.165, 1.54) is 0 Å². The zero-order valence-electron chi connectivity index (χ0n) is 11.2. The third kappa shape index (κ3) is 2.99. The average Bonchev–Trinajstić information content (AvgIpc) is 2.45. The van der Waals surface area contributed by atoms with Gasteiger partial charge in [0, 0.05) is 18.0 Å². The third-order valence-corrected chi connectivity index (χ3v) is 2.86. The van der Waals surface area contributed by atoms with Crippen molar-refractivity contribution in [3.05, 3.63) is 59.4 Å². The molecule has 0 saturated carbocycles. The van der Waals surface area contributed by atoms with Gasteiger partial charge in [0.15, 0.2) is 5.78 Å². The van der Waals surface area contributed by atoms with Gasteiger partial charge in [0.25, 0.3) is 0 Å². The number of hydrogen-bond donors (Lipinski definition) is 0. The maximum Gasteiger partial charge on any atom is 0.197 e. The molecule has 0 radical (unpaired) electrons. The average molecular weight is 255 g/mol. The van der Waals surface area contributed by atoms with Gasteiger partial charge in [-0.3, -0.25) is 9.78 Å². The lowest BCUT2D eigenvalue weighted by molar-refractivity contribution is 0.103. The van der Waals surface area contributed by atoms with Crippen LogP contribution >= 0.6 is 0 Å². The van der Waals surface area contributed by atoms with E-state index in [2.05, 4.69) is 4.98 Å². The fraction of sp³-hybridized carbons (Fsp3) is 0.250. The number of aromatic nitrogens is 1. The molecule has 19 heavy (non-hydrogen) atoms. The van der Waals surface area contributed by atoms with Crippen LogP contribution in [0, 0.1) is 6.92 Å². The Balaban J connectivity index is 2.36. The molecule has 0 bridgehead atoms. The largest absolute Gasteiger partial charge is 0.493 e. The number of para-hydroxylation sites is 1. The van der Waals surface area contributed by atoms with E-state index in [-0.39, 0.29) is 5.78 Å². The van der Waals surface area contributed by atoms with Crippen LogP contribution in [0.1, 0.15) is 34.8 Å². The van der Waals surface area contributed by atoms with Crippen LogP contribution in [0.5, 0.6) is 5.75 Å². The first kappa shape index (κ1) is 13.3. The molecule has 0 spiro atoms. The molecule has 0 atom stereocenters. The highest BCUT2D eigenvalue weighted by Gasteiger charge is 2.15. The van der Waals surface area contributed by atoms with Gasteiger partial charge in [-0.25, -0.2) is 0 Å². The monoisotopic (exact) mass is 255 g/mol. The topological polar surface area (TPSA) is 39.2 Å². The van der Waals surface area contributed by atoms with Crippen molar-refractivity contribution in [2.45, 2.75) is 20.3 Å². The number of carbonyl (C=O) groups excluding carboxylic acids is 1. The Hall–Kier alpha value is -2.16. The summed E-state index contributed by atoms with van der Waals surface area (Å²) in [7, 11) is 0. The minimum atomic E-state index is -0.0217. The van der Waals surface area contributed by atoms with Gasteiger partial charge in [-0.15, -0.1) is 0 Å². The van der Waals surface area contributed by atoms with E-state index < -0.39 is 0 Å². The van der Waals surface area contributed by atoms with Crippen LogP contribution in [0.3, 0.4) is 0 Å². The number of carbonyl (C=O) groups is 1. The summed E-state index contributed by atoms with van der Waals surface area (Å²) in [5, 5.41) is 0. The lowest BCUT2D eigenvalue weighted by Gasteiger charge is -2.10. The summed E-state index contributed by atoms with van der Waals surface area (Å²) in [6.45, 7) is 4.53. The Bertz CT molecular complexity index is 578. The van der Waals surface area contributed by atoms with Crippen LogP contribution in [0.15, 0.2) is 42.7 Å². The van der Waals surface area contributed by atoms with Crippen molar-refractivity contribution >= 4 is 5.78 Å². The maximum atomic E-state index is 12.5. The summed E-state index contributed by atoms with van der Waals surface area (Å²) in [6, 6.07) is 9.10. The van der Waals surface area contributed by atoms with Crippen molar-refractivity contribution in [3.8, 4) is 5.75 Å². The van der Waals surface area contributed by atoms with Crippen LogP contribution in [0.25, 0.3) is 0 Å². The molecule has 1 aromatic carbocycles. The van der Waals surface area contributed by atoms with Gasteiger partial charge in [-0.05, 0) is 37.1 Å². The molecule has 0 aliphatic heterocycles. The van der Waals surface area contributed by atoms with E-state index in [4.69, 9.17) is 4.74 Å². The number of rotatable bonds is 5. The van der Waals surface area contributed by atoms with E-state index >= 15 is 0 Å². The number of nitrogens with zero attached hydrogens (tertiary/aromatic N) is 1. The van der Waals surface area contributed by atoms with Crippen molar-refractivity contribution < 1.29 is 9.53 Å². The van der Waals surface area contributed by atoms with Gasteiger partial charge in [-0.2, -0.15) is 0 Å². The highest BCUT2D eigenvalue weighted by molar-refractivity contribution is 6.11. The second-order valence-electron chi connectivity index (χ2n) is 4.36. The predicted octanol–water partition coefficient (Wildman–Crippen LogP) is 3.41. The fourth-order valence-corrected chi connectivity index (χ4v) is 1.87. The fourth-order valence-electron chi connectivity index (χ4n) is 1.87. The van der Waals surface area contributed by atoms with Crippen molar-refractivity contribution in [2.75, 3.05) is 6.61 Å². The number of aryl methyl sites for hydroxylation is 1. The normalized spacial score (nSPS) is 10.2. The van der Waals surface area contributed by atoms with Crippen molar-refractivity contribution in [2.24, 2.45) is 0 Å². The summed E-state index contributed by atoms with van der Waals surface area (Å²) in [5.41, 5.74) is 2.14. The summed E-state index contributed by atoms with van der Waals surface area (Å²) in [4.78, 5) is 16.6. The summed E-state index contributed by atoms with van der Waals surface area (Å²) in [6.07, 6.45) is 4.25. The molecule has 3 nitrogen and oxygen atoms in total. The number of ketones is 1. The summed E-state index contributed by atoms with van der Waals surface area (Å²) in [5.74, 6) is 0.622. The smallest absolute Gasteiger partial charge is 0.197 e. The van der Waals surface area contributed by atoms with Crippen molar-refractivity contribution in [1.29, 1.82) is 0 Å². The molecule has 2 aromatic rings. The lowest BCUT2D eigenvalue weighted by Crippen LogP contribution is -2.07. The Morgan fingerprint density at radius 1 is 1.21 bits per heavy atom. The van der Waals surface area contributed by atoms with E-state index in [0.29, 0.717) is 23.5 Å². The molecule has 0 aliphatic carbocycles. The molecular weight excluding hydrogens is 238 g/mol. The van der Waals surface area contributed by atoms with Crippen molar-refractivity contribution in [3.63, 3.8) is 0 Å². The molecule has 98 valence electrons. The SMILES string of the molecule is CCCOc1ccccc1C(=O)c1ccncc1C. The predicted molar refractivity (Wildman–Crippen MR) is 74.6 cm³/mol. The molecule has 1 aromatic heterocycles. The number of pyridine rings is 1. The Labute approximate surface area is 113 Å². The zero-order valence-corrected chi connectivity index (χ0v) is 11.2. The molecule has 2 rings (SSSR count). The highest BCUT2D eigenvalue weighted by Crippen LogP contribution is 2.22. The second-order valence-corrected chi connectivity index (χ2v) is 4.36. The first-order valence-electron chi connectivity index (χ1n) is 6.41. The minimum absolute atomic E-state index is 0.0217. The first-order chi connectivity index (χ1) is 9.24. The van der Waals surface area contributed by atoms with Crippen LogP contribution < -0.4 is 4.74 Å². The molecular formula is C16H17NO2. The number of hydrogen-bond acceptors (Lipinski definition) is 3. The Kier molecular flexibility index (Phi) is 4.29. The van der Waals surface area contributed by atoms with Crippen LogP contribution in [0.4, 0.5) is 0 Å². The first-order valence-corrected chi connectivity index (χ1v) is 6.41. The van der Waals surface area contributed by atoms with Gasteiger partial charge in [0.2, 0.25) is 0 Å². The molecule has 0 unspecified atom stereocenters. The quantitative estimate of drug-likeness (QED) is 0.768. The molecule has 0 N–H and O–H groups in total. The van der Waals surface area contributed by atoms with Gasteiger partial charge >= 0.3 is 0 Å². The van der Waals surface area contributed by atoms with Crippen LogP contribution in [0.2, 0.25) is 0 Å². The number of ether oxygens (including phenoxy) is 1. The molecule has 0 saturated heterocycles. The molecule has 0 amide bonds. The molecule has 0 aliphatic rings. The summed E-state index contributed by atoms with van der Waals surface area (Å²) >= 11 is 0. The lowest BCUT2D eigenvalue weighted by atomic mass is 10.0. The summed E-state index contributed by atoms with van der Waals surface area (Å²) < 4.78 is 5.63. The highest BCUT2D eigenvalue weighted by atomic mass is 16.5. The van der Waals surface area contributed by atoms with Gasteiger partial charge < -0.3 is 4.74 Å².